The zero-order chi connectivity index (χ0) is 17.0. The third-order valence-electron chi connectivity index (χ3n) is 2.48. The highest BCUT2D eigenvalue weighted by molar-refractivity contribution is 7.87. The number of benzene rings is 1. The first-order valence-electron chi connectivity index (χ1n) is 6.14. The highest BCUT2D eigenvalue weighted by Gasteiger charge is 2.25. The molecule has 0 aliphatic carbocycles. The van der Waals surface area contributed by atoms with E-state index in [1.807, 2.05) is 0 Å². The van der Waals surface area contributed by atoms with Crippen LogP contribution in [-0.4, -0.2) is 40.3 Å². The molecule has 0 saturated carbocycles. The fraction of sp³-hybridized carbons (Fsp3) is 0.333. The molecule has 0 aromatic heterocycles. The second-order valence-electron chi connectivity index (χ2n) is 3.98. The van der Waals surface area contributed by atoms with Crippen LogP contribution in [0.1, 0.15) is 34.6 Å². The molecule has 0 heterocycles. The largest absolute Gasteiger partial charge is 0.354 e. The average Bonchev–Trinajstić information content (AvgIpc) is 2.46. The van der Waals surface area contributed by atoms with Crippen LogP contribution in [0.3, 0.4) is 0 Å². The van der Waals surface area contributed by atoms with Crippen LogP contribution in [0.5, 0.6) is 0 Å². The zero-order valence-corrected chi connectivity index (χ0v) is 13.4. The Morgan fingerprint density at radius 3 is 1.41 bits per heavy atom. The number of hydrogen-bond acceptors (Lipinski definition) is 8. The molecule has 0 amide bonds. The topological polar surface area (TPSA) is 121 Å². The van der Waals surface area contributed by atoms with Crippen molar-refractivity contribution in [3.8, 4) is 0 Å². The zero-order valence-electron chi connectivity index (χ0n) is 11.8. The van der Waals surface area contributed by atoms with Gasteiger partial charge in [0.25, 0.3) is 0 Å². The summed E-state index contributed by atoms with van der Waals surface area (Å²) >= 11 is 0. The van der Waals surface area contributed by atoms with Gasteiger partial charge in [0, 0.05) is 0 Å². The van der Waals surface area contributed by atoms with Gasteiger partial charge in [0.05, 0.1) is 22.6 Å². The Kier molecular flexibility index (Phi) is 5.66. The Bertz CT molecular complexity index is 710. The summed E-state index contributed by atoms with van der Waals surface area (Å²) in [6.07, 6.45) is 0. The van der Waals surface area contributed by atoms with Gasteiger partial charge in [-0.25, -0.2) is 9.59 Å². The SMILES string of the molecule is CCS(=O)(=O)OC(=O)c1ccccc1C(=O)OS(=O)(=O)CC. The molecule has 0 bridgehead atoms. The molecule has 1 aromatic rings. The van der Waals surface area contributed by atoms with Crippen molar-refractivity contribution in [2.45, 2.75) is 13.8 Å². The molecule has 0 spiro atoms. The molecule has 0 saturated heterocycles. The lowest BCUT2D eigenvalue weighted by atomic mass is 10.1. The summed E-state index contributed by atoms with van der Waals surface area (Å²) in [4.78, 5) is 23.6. The van der Waals surface area contributed by atoms with Crippen LogP contribution in [0.4, 0.5) is 0 Å². The molecule has 122 valence electrons. The lowest BCUT2D eigenvalue weighted by Crippen LogP contribution is -2.20. The van der Waals surface area contributed by atoms with Crippen LogP contribution >= 0.6 is 0 Å². The summed E-state index contributed by atoms with van der Waals surface area (Å²) < 4.78 is 53.7. The first kappa shape index (κ1) is 18.1. The molecule has 1 aromatic carbocycles. The molecule has 0 unspecified atom stereocenters. The molecule has 8 nitrogen and oxygen atoms in total. The number of hydrogen-bond donors (Lipinski definition) is 0. The lowest BCUT2D eigenvalue weighted by molar-refractivity contribution is 0.0702. The second kappa shape index (κ2) is 6.88. The van der Waals surface area contributed by atoms with E-state index in [1.54, 1.807) is 0 Å². The summed E-state index contributed by atoms with van der Waals surface area (Å²) in [5.74, 6) is -3.45. The standard InChI is InChI=1S/C12H14O8S2/c1-3-21(15,16)19-11(13)9-7-5-6-8-10(9)12(14)20-22(17,18)4-2/h5-8H,3-4H2,1-2H3. The summed E-state index contributed by atoms with van der Waals surface area (Å²) in [5.41, 5.74) is -0.813. The van der Waals surface area contributed by atoms with Gasteiger partial charge in [0.1, 0.15) is 0 Å². The maximum atomic E-state index is 11.8. The molecule has 0 aliphatic heterocycles. The summed E-state index contributed by atoms with van der Waals surface area (Å²) in [6.45, 7) is 2.55. The Morgan fingerprint density at radius 2 is 1.14 bits per heavy atom. The van der Waals surface area contributed by atoms with Crippen LogP contribution in [0, 0.1) is 0 Å². The van der Waals surface area contributed by atoms with Crippen molar-refractivity contribution in [3.05, 3.63) is 35.4 Å². The highest BCUT2D eigenvalue weighted by Crippen LogP contribution is 2.14. The van der Waals surface area contributed by atoms with Gasteiger partial charge in [-0.2, -0.15) is 16.8 Å². The average molecular weight is 350 g/mol. The second-order valence-corrected chi connectivity index (χ2v) is 7.70. The third-order valence-corrected chi connectivity index (χ3v) is 4.70. The fourth-order valence-corrected chi connectivity index (χ4v) is 2.15. The predicted molar refractivity (Wildman–Crippen MR) is 76.2 cm³/mol. The van der Waals surface area contributed by atoms with Crippen molar-refractivity contribution in [2.75, 3.05) is 11.5 Å². The summed E-state index contributed by atoms with van der Waals surface area (Å²) in [5, 5.41) is 0. The molecule has 1 rings (SSSR count). The van der Waals surface area contributed by atoms with Crippen LogP contribution in [-0.2, 0) is 28.6 Å². The lowest BCUT2D eigenvalue weighted by Gasteiger charge is -2.08. The smallest absolute Gasteiger partial charge is 0.341 e. The Balaban J connectivity index is 3.15. The van der Waals surface area contributed by atoms with E-state index in [4.69, 9.17) is 0 Å². The Labute approximate surface area is 128 Å². The highest BCUT2D eigenvalue weighted by atomic mass is 32.2. The van der Waals surface area contributed by atoms with E-state index in [0.29, 0.717) is 0 Å². The van der Waals surface area contributed by atoms with Crippen LogP contribution in [0.25, 0.3) is 0 Å². The molecule has 0 radical (unpaired) electrons. The van der Waals surface area contributed by atoms with Gasteiger partial charge in [-0.3, -0.25) is 0 Å². The van der Waals surface area contributed by atoms with Gasteiger partial charge in [0.2, 0.25) is 0 Å². The van der Waals surface area contributed by atoms with Crippen molar-refractivity contribution < 1.29 is 34.8 Å². The summed E-state index contributed by atoms with van der Waals surface area (Å²) in [7, 11) is -8.14. The van der Waals surface area contributed by atoms with E-state index < -0.39 is 54.8 Å². The van der Waals surface area contributed by atoms with Gasteiger partial charge >= 0.3 is 32.2 Å². The van der Waals surface area contributed by atoms with Gasteiger partial charge in [0.15, 0.2) is 0 Å². The van der Waals surface area contributed by atoms with E-state index in [9.17, 15) is 26.4 Å². The minimum atomic E-state index is -4.07. The van der Waals surface area contributed by atoms with E-state index in [2.05, 4.69) is 8.37 Å². The first-order chi connectivity index (χ1) is 10.1. The molecular weight excluding hydrogens is 336 g/mol. The maximum Gasteiger partial charge on any atom is 0.354 e. The fourth-order valence-electron chi connectivity index (χ4n) is 1.28. The van der Waals surface area contributed by atoms with Gasteiger partial charge in [-0.15, -0.1) is 0 Å². The van der Waals surface area contributed by atoms with Crippen LogP contribution in [0.15, 0.2) is 24.3 Å². The van der Waals surface area contributed by atoms with Crippen LogP contribution < -0.4 is 0 Å². The molecule has 0 aliphatic rings. The van der Waals surface area contributed by atoms with Crippen molar-refractivity contribution >= 4 is 32.2 Å². The normalized spacial score (nSPS) is 11.7. The summed E-state index contributed by atoms with van der Waals surface area (Å²) in [6, 6.07) is 4.98. The van der Waals surface area contributed by atoms with Gasteiger partial charge in [-0.1, -0.05) is 12.1 Å². The molecule has 0 N–H and O–H groups in total. The third kappa shape index (κ3) is 4.81. The molecule has 0 atom stereocenters. The monoisotopic (exact) mass is 350 g/mol. The molecular formula is C12H14O8S2. The quantitative estimate of drug-likeness (QED) is 0.687. The van der Waals surface area contributed by atoms with Crippen molar-refractivity contribution in [1.82, 2.24) is 0 Å². The Morgan fingerprint density at radius 1 is 0.818 bits per heavy atom. The molecule has 10 heteroatoms. The van der Waals surface area contributed by atoms with E-state index in [-0.39, 0.29) is 0 Å². The molecule has 0 fully saturated rings. The van der Waals surface area contributed by atoms with E-state index >= 15 is 0 Å². The Hall–Kier alpha value is -1.94. The van der Waals surface area contributed by atoms with Crippen molar-refractivity contribution in [1.29, 1.82) is 0 Å². The number of rotatable bonds is 6. The number of carbonyl (C=O) groups excluding carboxylic acids is 2. The van der Waals surface area contributed by atoms with Crippen molar-refractivity contribution in [3.63, 3.8) is 0 Å². The minimum absolute atomic E-state index is 0.407. The number of carbonyl (C=O) groups is 2. The predicted octanol–water partition coefficient (Wildman–Crippen LogP) is 0.700. The van der Waals surface area contributed by atoms with Crippen LogP contribution in [0.2, 0.25) is 0 Å². The van der Waals surface area contributed by atoms with Gasteiger partial charge < -0.3 is 8.37 Å². The minimum Gasteiger partial charge on any atom is -0.341 e. The first-order valence-corrected chi connectivity index (χ1v) is 9.29. The van der Waals surface area contributed by atoms with Gasteiger partial charge in [-0.05, 0) is 26.0 Å². The van der Waals surface area contributed by atoms with E-state index in [0.717, 1.165) is 12.1 Å². The maximum absolute atomic E-state index is 11.8. The molecule has 22 heavy (non-hydrogen) atoms. The van der Waals surface area contributed by atoms with Crippen molar-refractivity contribution in [2.24, 2.45) is 0 Å². The van der Waals surface area contributed by atoms with E-state index in [1.165, 1.54) is 26.0 Å².